The first-order valence-corrected chi connectivity index (χ1v) is 6.30. The number of benzene rings is 2. The Hall–Kier alpha value is -3.29. The van der Waals surface area contributed by atoms with Gasteiger partial charge in [-0.15, -0.1) is 0 Å². The molecule has 110 valence electrons. The molecule has 3 aromatic rings. The van der Waals surface area contributed by atoms with Gasteiger partial charge in [-0.1, -0.05) is 6.07 Å². The largest absolute Gasteiger partial charge is 0.269 e. The Morgan fingerprint density at radius 1 is 0.909 bits per heavy atom. The lowest BCUT2D eigenvalue weighted by Crippen LogP contribution is -2.41. The number of carbonyl (C=O) groups excluding carboxylic acids is 2. The van der Waals surface area contributed by atoms with Crippen LogP contribution in [-0.4, -0.2) is 27.2 Å². The van der Waals surface area contributed by atoms with E-state index in [2.05, 4.69) is 26.3 Å². The Kier molecular flexibility index (Phi) is 3.48. The van der Waals surface area contributed by atoms with E-state index in [0.717, 1.165) is 6.07 Å². The zero-order valence-corrected chi connectivity index (χ0v) is 11.1. The molecule has 2 amide bonds. The summed E-state index contributed by atoms with van der Waals surface area (Å²) in [4.78, 5) is 23.7. The second kappa shape index (κ2) is 5.60. The van der Waals surface area contributed by atoms with E-state index in [1.807, 2.05) is 0 Å². The number of carbonyl (C=O) groups is 2. The van der Waals surface area contributed by atoms with E-state index in [1.54, 1.807) is 12.1 Å². The van der Waals surface area contributed by atoms with Gasteiger partial charge >= 0.3 is 0 Å². The second-order valence-corrected chi connectivity index (χ2v) is 4.45. The van der Waals surface area contributed by atoms with E-state index >= 15 is 0 Å². The Bertz CT molecular complexity index is 861. The summed E-state index contributed by atoms with van der Waals surface area (Å²) in [5.74, 6) is -1.67. The number of hydrogen-bond donors (Lipinski definition) is 3. The van der Waals surface area contributed by atoms with Crippen molar-refractivity contribution in [2.24, 2.45) is 0 Å². The highest BCUT2D eigenvalue weighted by Crippen LogP contribution is 2.10. The van der Waals surface area contributed by atoms with E-state index in [-0.39, 0.29) is 5.56 Å². The van der Waals surface area contributed by atoms with Crippen molar-refractivity contribution in [3.8, 4) is 0 Å². The number of hydrazine groups is 1. The SMILES string of the molecule is O=C(NNC(=O)c1ccc2n[nH]nc2c1)c1cccc(F)c1. The van der Waals surface area contributed by atoms with Crippen LogP contribution in [-0.2, 0) is 0 Å². The maximum Gasteiger partial charge on any atom is 0.269 e. The highest BCUT2D eigenvalue weighted by atomic mass is 19.1. The van der Waals surface area contributed by atoms with Gasteiger partial charge in [0.05, 0.1) is 0 Å². The molecule has 1 aromatic heterocycles. The molecule has 2 aromatic carbocycles. The highest BCUT2D eigenvalue weighted by Gasteiger charge is 2.11. The number of hydrogen-bond acceptors (Lipinski definition) is 4. The van der Waals surface area contributed by atoms with Gasteiger partial charge in [0.15, 0.2) is 0 Å². The Labute approximate surface area is 123 Å². The average molecular weight is 299 g/mol. The predicted molar refractivity (Wildman–Crippen MR) is 75.2 cm³/mol. The number of amides is 2. The van der Waals surface area contributed by atoms with Crippen molar-refractivity contribution in [2.45, 2.75) is 0 Å². The minimum absolute atomic E-state index is 0.104. The molecule has 0 aliphatic heterocycles. The molecular formula is C14H10FN5O2. The highest BCUT2D eigenvalue weighted by molar-refractivity contribution is 6.00. The first-order valence-electron chi connectivity index (χ1n) is 6.30. The summed E-state index contributed by atoms with van der Waals surface area (Å²) in [5, 5.41) is 10.2. The Morgan fingerprint density at radius 2 is 1.59 bits per heavy atom. The number of aromatic amines is 1. The fourth-order valence-electron chi connectivity index (χ4n) is 1.87. The third-order valence-corrected chi connectivity index (χ3v) is 2.95. The van der Waals surface area contributed by atoms with Gasteiger partial charge in [-0.2, -0.15) is 15.4 Å². The quantitative estimate of drug-likeness (QED) is 0.618. The minimum atomic E-state index is -0.615. The number of aromatic nitrogens is 3. The molecule has 0 aliphatic rings. The molecule has 7 nitrogen and oxygen atoms in total. The van der Waals surface area contributed by atoms with E-state index in [1.165, 1.54) is 24.3 Å². The van der Waals surface area contributed by atoms with Crippen LogP contribution in [0, 0.1) is 5.82 Å². The second-order valence-electron chi connectivity index (χ2n) is 4.45. The van der Waals surface area contributed by atoms with Crippen molar-refractivity contribution >= 4 is 22.8 Å². The summed E-state index contributed by atoms with van der Waals surface area (Å²) in [6, 6.07) is 9.85. The van der Waals surface area contributed by atoms with Crippen LogP contribution in [0.15, 0.2) is 42.5 Å². The van der Waals surface area contributed by atoms with Gasteiger partial charge < -0.3 is 0 Å². The van der Waals surface area contributed by atoms with Crippen LogP contribution in [0.1, 0.15) is 20.7 Å². The fraction of sp³-hybridized carbons (Fsp3) is 0. The summed E-state index contributed by atoms with van der Waals surface area (Å²) < 4.78 is 13.0. The van der Waals surface area contributed by atoms with Crippen molar-refractivity contribution in [3.05, 3.63) is 59.4 Å². The third kappa shape index (κ3) is 2.75. The van der Waals surface area contributed by atoms with Crippen molar-refractivity contribution in [2.75, 3.05) is 0 Å². The lowest BCUT2D eigenvalue weighted by molar-refractivity contribution is 0.0846. The molecule has 0 saturated carbocycles. The molecule has 0 aliphatic carbocycles. The third-order valence-electron chi connectivity index (χ3n) is 2.95. The van der Waals surface area contributed by atoms with Crippen molar-refractivity contribution < 1.29 is 14.0 Å². The first-order chi connectivity index (χ1) is 10.6. The van der Waals surface area contributed by atoms with Gasteiger partial charge in [0.2, 0.25) is 0 Å². The number of rotatable bonds is 2. The number of halogens is 1. The molecule has 0 spiro atoms. The van der Waals surface area contributed by atoms with Gasteiger partial charge in [0.25, 0.3) is 11.8 Å². The average Bonchev–Trinajstić information content (AvgIpc) is 2.99. The van der Waals surface area contributed by atoms with Crippen LogP contribution < -0.4 is 10.9 Å². The van der Waals surface area contributed by atoms with Crippen molar-refractivity contribution in [1.29, 1.82) is 0 Å². The van der Waals surface area contributed by atoms with E-state index in [0.29, 0.717) is 16.6 Å². The molecule has 0 fully saturated rings. The maximum atomic E-state index is 13.0. The minimum Gasteiger partial charge on any atom is -0.267 e. The van der Waals surface area contributed by atoms with E-state index in [4.69, 9.17) is 0 Å². The number of H-pyrrole nitrogens is 1. The lowest BCUT2D eigenvalue weighted by Gasteiger charge is -2.07. The number of fused-ring (bicyclic) bond motifs is 1. The summed E-state index contributed by atoms with van der Waals surface area (Å²) in [6.45, 7) is 0. The zero-order chi connectivity index (χ0) is 15.5. The van der Waals surface area contributed by atoms with Crippen LogP contribution in [0.4, 0.5) is 4.39 Å². The standard InChI is InChI=1S/C14H10FN5O2/c15-10-3-1-2-8(6-10)13(21)18-19-14(22)9-4-5-11-12(7-9)17-20-16-11/h1-7H,(H,18,21)(H,19,22)(H,16,17,20). The van der Waals surface area contributed by atoms with Gasteiger partial charge in [-0.25, -0.2) is 4.39 Å². The fourth-order valence-corrected chi connectivity index (χ4v) is 1.87. The summed E-state index contributed by atoms with van der Waals surface area (Å²) in [5.41, 5.74) is 6.04. The summed E-state index contributed by atoms with van der Waals surface area (Å²) >= 11 is 0. The number of nitrogens with zero attached hydrogens (tertiary/aromatic N) is 2. The summed E-state index contributed by atoms with van der Waals surface area (Å²) in [7, 11) is 0. The molecule has 0 bridgehead atoms. The van der Waals surface area contributed by atoms with Crippen LogP contribution in [0.2, 0.25) is 0 Å². The maximum absolute atomic E-state index is 13.0. The van der Waals surface area contributed by atoms with E-state index < -0.39 is 17.6 Å². The molecule has 0 atom stereocenters. The number of nitrogens with one attached hydrogen (secondary N) is 3. The molecule has 8 heteroatoms. The van der Waals surface area contributed by atoms with Gasteiger partial charge in [-0.05, 0) is 36.4 Å². The Balaban J connectivity index is 1.67. The van der Waals surface area contributed by atoms with Crippen LogP contribution >= 0.6 is 0 Å². The molecule has 22 heavy (non-hydrogen) atoms. The monoisotopic (exact) mass is 299 g/mol. The topological polar surface area (TPSA) is 99.8 Å². The van der Waals surface area contributed by atoms with Crippen LogP contribution in [0.5, 0.6) is 0 Å². The first kappa shape index (κ1) is 13.7. The molecule has 0 unspecified atom stereocenters. The van der Waals surface area contributed by atoms with E-state index in [9.17, 15) is 14.0 Å². The zero-order valence-electron chi connectivity index (χ0n) is 11.1. The lowest BCUT2D eigenvalue weighted by atomic mass is 10.2. The van der Waals surface area contributed by atoms with Crippen molar-refractivity contribution in [1.82, 2.24) is 26.3 Å². The smallest absolute Gasteiger partial charge is 0.267 e. The van der Waals surface area contributed by atoms with Crippen LogP contribution in [0.25, 0.3) is 11.0 Å². The molecule has 3 rings (SSSR count). The molecule has 0 radical (unpaired) electrons. The summed E-state index contributed by atoms with van der Waals surface area (Å²) in [6.07, 6.45) is 0. The van der Waals surface area contributed by atoms with Gasteiger partial charge in [0, 0.05) is 11.1 Å². The van der Waals surface area contributed by atoms with Crippen LogP contribution in [0.3, 0.4) is 0 Å². The Morgan fingerprint density at radius 3 is 2.32 bits per heavy atom. The van der Waals surface area contributed by atoms with Crippen molar-refractivity contribution in [3.63, 3.8) is 0 Å². The van der Waals surface area contributed by atoms with Gasteiger partial charge in [-0.3, -0.25) is 20.4 Å². The predicted octanol–water partition coefficient (Wildman–Crippen LogP) is 1.17. The molecule has 0 saturated heterocycles. The van der Waals surface area contributed by atoms with Gasteiger partial charge in [0.1, 0.15) is 16.9 Å². The normalized spacial score (nSPS) is 10.4. The molecule has 1 heterocycles. The molecule has 3 N–H and O–H groups in total. The molecular weight excluding hydrogens is 289 g/mol.